The molecule has 1 amide bonds. The molecule has 0 radical (unpaired) electrons. The quantitative estimate of drug-likeness (QED) is 0.592. The number of nitrogens with one attached hydrogen (secondary N) is 1. The first kappa shape index (κ1) is 18.4. The lowest BCUT2D eigenvalue weighted by atomic mass is 9.93. The molecule has 3 N–H and O–H groups in total. The van der Waals surface area contributed by atoms with Gasteiger partial charge in [0.25, 0.3) is 0 Å². The van der Waals surface area contributed by atoms with E-state index in [0.29, 0.717) is 6.04 Å². The second-order valence-corrected chi connectivity index (χ2v) is 6.79. The summed E-state index contributed by atoms with van der Waals surface area (Å²) in [4.78, 5) is 16.5. The predicted molar refractivity (Wildman–Crippen MR) is 88.3 cm³/mol. The van der Waals surface area contributed by atoms with Gasteiger partial charge >= 0.3 is 0 Å². The third kappa shape index (κ3) is 5.93. The van der Waals surface area contributed by atoms with Crippen LogP contribution in [0, 0.1) is 0 Å². The lowest BCUT2D eigenvalue weighted by Gasteiger charge is -2.28. The standard InChI is InChI=1S/C16H34N4O/c1-5-10-18-16(2,15(17)21)9-6-7-11-20-12-8-14(13-20)19(3)4/h14,18H,5-13H2,1-4H3,(H2,17,21). The van der Waals surface area contributed by atoms with Gasteiger partial charge in [-0.2, -0.15) is 0 Å². The van der Waals surface area contributed by atoms with Gasteiger partial charge in [0.1, 0.15) is 0 Å². The van der Waals surface area contributed by atoms with Crippen LogP contribution in [0.5, 0.6) is 0 Å². The lowest BCUT2D eigenvalue weighted by molar-refractivity contribution is -0.124. The van der Waals surface area contributed by atoms with E-state index >= 15 is 0 Å². The zero-order valence-electron chi connectivity index (χ0n) is 14.3. The van der Waals surface area contributed by atoms with E-state index in [1.807, 2.05) is 6.92 Å². The fourth-order valence-electron chi connectivity index (χ4n) is 2.95. The van der Waals surface area contributed by atoms with Crippen molar-refractivity contribution in [3.8, 4) is 0 Å². The van der Waals surface area contributed by atoms with Crippen LogP contribution in [0.15, 0.2) is 0 Å². The van der Waals surface area contributed by atoms with Gasteiger partial charge in [-0.1, -0.05) is 6.92 Å². The Hall–Kier alpha value is -0.650. The van der Waals surface area contributed by atoms with Crippen LogP contribution in [-0.2, 0) is 4.79 Å². The SMILES string of the molecule is CCCNC(C)(CCCCN1CCC(N(C)C)C1)C(N)=O. The number of likely N-dealkylation sites (N-methyl/N-ethyl adjacent to an activating group) is 1. The highest BCUT2D eigenvalue weighted by molar-refractivity contribution is 5.84. The Morgan fingerprint density at radius 2 is 2.14 bits per heavy atom. The highest BCUT2D eigenvalue weighted by atomic mass is 16.1. The number of nitrogens with two attached hydrogens (primary N) is 1. The first-order valence-electron chi connectivity index (χ1n) is 8.32. The summed E-state index contributed by atoms with van der Waals surface area (Å²) >= 11 is 0. The van der Waals surface area contributed by atoms with E-state index in [2.05, 4.69) is 36.1 Å². The van der Waals surface area contributed by atoms with E-state index in [1.54, 1.807) is 0 Å². The van der Waals surface area contributed by atoms with E-state index < -0.39 is 5.54 Å². The molecule has 0 aromatic rings. The number of hydrogen-bond donors (Lipinski definition) is 2. The summed E-state index contributed by atoms with van der Waals surface area (Å²) in [5.74, 6) is -0.232. The summed E-state index contributed by atoms with van der Waals surface area (Å²) in [5, 5.41) is 3.30. The Labute approximate surface area is 130 Å². The molecule has 1 aliphatic rings. The average Bonchev–Trinajstić information content (AvgIpc) is 2.90. The zero-order valence-corrected chi connectivity index (χ0v) is 14.3. The number of likely N-dealkylation sites (tertiary alicyclic amines) is 1. The minimum Gasteiger partial charge on any atom is -0.368 e. The molecule has 1 heterocycles. The second kappa shape index (κ2) is 8.71. The van der Waals surface area contributed by atoms with Crippen molar-refractivity contribution >= 4 is 5.91 Å². The molecule has 5 nitrogen and oxygen atoms in total. The van der Waals surface area contributed by atoms with Crippen LogP contribution in [-0.4, -0.2) is 67.6 Å². The smallest absolute Gasteiger partial charge is 0.237 e. The molecule has 0 saturated carbocycles. The fraction of sp³-hybridized carbons (Fsp3) is 0.938. The van der Waals surface area contributed by atoms with Crippen LogP contribution >= 0.6 is 0 Å². The molecule has 0 bridgehead atoms. The first-order valence-corrected chi connectivity index (χ1v) is 8.32. The van der Waals surface area contributed by atoms with Crippen LogP contribution in [0.4, 0.5) is 0 Å². The predicted octanol–water partition coefficient (Wildman–Crippen LogP) is 1.04. The number of carbonyl (C=O) groups is 1. The van der Waals surface area contributed by atoms with Crippen molar-refractivity contribution in [2.24, 2.45) is 5.73 Å². The van der Waals surface area contributed by atoms with E-state index in [0.717, 1.165) is 38.8 Å². The molecule has 21 heavy (non-hydrogen) atoms. The van der Waals surface area contributed by atoms with Gasteiger partial charge in [0, 0.05) is 12.6 Å². The molecule has 0 aliphatic carbocycles. The van der Waals surface area contributed by atoms with Crippen molar-refractivity contribution in [1.82, 2.24) is 15.1 Å². The molecule has 1 saturated heterocycles. The Morgan fingerprint density at radius 3 is 2.67 bits per heavy atom. The van der Waals surface area contributed by atoms with Gasteiger partial charge in [-0.3, -0.25) is 4.79 Å². The monoisotopic (exact) mass is 298 g/mol. The highest BCUT2D eigenvalue weighted by Crippen LogP contribution is 2.17. The number of primary amides is 1. The molecule has 0 aromatic heterocycles. The van der Waals surface area contributed by atoms with Gasteiger partial charge in [0.05, 0.1) is 5.54 Å². The Kier molecular flexibility index (Phi) is 7.63. The molecular formula is C16H34N4O. The van der Waals surface area contributed by atoms with Gasteiger partial charge in [-0.15, -0.1) is 0 Å². The lowest BCUT2D eigenvalue weighted by Crippen LogP contribution is -2.53. The van der Waals surface area contributed by atoms with Crippen molar-refractivity contribution in [3.63, 3.8) is 0 Å². The Morgan fingerprint density at radius 1 is 1.43 bits per heavy atom. The van der Waals surface area contributed by atoms with Crippen molar-refractivity contribution < 1.29 is 4.79 Å². The number of unbranched alkanes of at least 4 members (excludes halogenated alkanes) is 1. The molecule has 2 atom stereocenters. The number of hydrogen-bond acceptors (Lipinski definition) is 4. The number of carbonyl (C=O) groups excluding carboxylic acids is 1. The molecule has 0 aromatic carbocycles. The summed E-state index contributed by atoms with van der Waals surface area (Å²) in [6.45, 7) is 8.38. The fourth-order valence-corrected chi connectivity index (χ4v) is 2.95. The largest absolute Gasteiger partial charge is 0.368 e. The Bertz CT molecular complexity index is 321. The normalized spacial score (nSPS) is 22.6. The van der Waals surface area contributed by atoms with Crippen molar-refractivity contribution in [2.45, 2.75) is 57.5 Å². The summed E-state index contributed by atoms with van der Waals surface area (Å²) in [7, 11) is 4.32. The van der Waals surface area contributed by atoms with E-state index in [9.17, 15) is 4.79 Å². The van der Waals surface area contributed by atoms with Crippen molar-refractivity contribution in [3.05, 3.63) is 0 Å². The van der Waals surface area contributed by atoms with Crippen LogP contribution in [0.25, 0.3) is 0 Å². The van der Waals surface area contributed by atoms with Crippen LogP contribution < -0.4 is 11.1 Å². The maximum absolute atomic E-state index is 11.6. The molecule has 1 aliphatic heterocycles. The summed E-state index contributed by atoms with van der Waals surface area (Å²) in [5.41, 5.74) is 5.00. The molecule has 1 rings (SSSR count). The highest BCUT2D eigenvalue weighted by Gasteiger charge is 2.29. The Balaban J connectivity index is 2.24. The molecule has 0 spiro atoms. The van der Waals surface area contributed by atoms with Crippen LogP contribution in [0.1, 0.15) is 46.0 Å². The third-order valence-corrected chi connectivity index (χ3v) is 4.69. The van der Waals surface area contributed by atoms with Gasteiger partial charge in [-0.25, -0.2) is 0 Å². The number of nitrogens with zero attached hydrogens (tertiary/aromatic N) is 2. The van der Waals surface area contributed by atoms with E-state index in [-0.39, 0.29) is 5.91 Å². The number of amides is 1. The topological polar surface area (TPSA) is 61.6 Å². The molecule has 5 heteroatoms. The molecule has 2 unspecified atom stereocenters. The third-order valence-electron chi connectivity index (χ3n) is 4.69. The summed E-state index contributed by atoms with van der Waals surface area (Å²) < 4.78 is 0. The van der Waals surface area contributed by atoms with E-state index in [4.69, 9.17) is 5.73 Å². The van der Waals surface area contributed by atoms with Crippen molar-refractivity contribution in [2.75, 3.05) is 40.3 Å². The minimum atomic E-state index is -0.548. The van der Waals surface area contributed by atoms with Crippen molar-refractivity contribution in [1.29, 1.82) is 0 Å². The average molecular weight is 298 g/mol. The molecule has 124 valence electrons. The van der Waals surface area contributed by atoms with Gasteiger partial charge in [0.2, 0.25) is 5.91 Å². The zero-order chi connectivity index (χ0) is 15.9. The maximum atomic E-state index is 11.6. The maximum Gasteiger partial charge on any atom is 0.237 e. The van der Waals surface area contributed by atoms with Gasteiger partial charge in [-0.05, 0) is 72.8 Å². The van der Waals surface area contributed by atoms with Gasteiger partial charge < -0.3 is 20.9 Å². The van der Waals surface area contributed by atoms with Gasteiger partial charge in [0.15, 0.2) is 0 Å². The summed E-state index contributed by atoms with van der Waals surface area (Å²) in [6, 6.07) is 0.701. The minimum absolute atomic E-state index is 0.232. The molecular weight excluding hydrogens is 264 g/mol. The first-order chi connectivity index (χ1) is 9.89. The van der Waals surface area contributed by atoms with Crippen LogP contribution in [0.2, 0.25) is 0 Å². The molecule has 1 fully saturated rings. The summed E-state index contributed by atoms with van der Waals surface area (Å²) in [6.07, 6.45) is 5.29. The van der Waals surface area contributed by atoms with Crippen LogP contribution in [0.3, 0.4) is 0 Å². The second-order valence-electron chi connectivity index (χ2n) is 6.79. The number of rotatable bonds is 10. The van der Waals surface area contributed by atoms with E-state index in [1.165, 1.54) is 19.5 Å².